The van der Waals surface area contributed by atoms with E-state index in [1.165, 1.54) is 0 Å². The molecule has 0 aromatic rings. The van der Waals surface area contributed by atoms with Crippen LogP contribution in [0.2, 0.25) is 0 Å². The third-order valence-corrected chi connectivity index (χ3v) is 1.86. The zero-order chi connectivity index (χ0) is 9.61. The Hall–Kier alpha value is -0.880. The number of carbonyl (C=O) groups is 1. The second-order valence-corrected chi connectivity index (χ2v) is 3.43. The van der Waals surface area contributed by atoms with Gasteiger partial charge in [0, 0.05) is 0 Å². The maximum atomic E-state index is 10.7. The fourth-order valence-electron chi connectivity index (χ4n) is 0.409. The van der Waals surface area contributed by atoms with Crippen LogP contribution in [0.1, 0.15) is 13.3 Å². The summed E-state index contributed by atoms with van der Waals surface area (Å²) in [5.74, 6) is -0.869. The largest absolute Gasteiger partial charge is 0.504 e. The van der Waals surface area contributed by atoms with Crippen LogP contribution in [0.15, 0.2) is 11.2 Å². The molecule has 1 N–H and O–H groups in total. The van der Waals surface area contributed by atoms with Crippen molar-refractivity contribution in [3.63, 3.8) is 0 Å². The molecule has 0 saturated carbocycles. The van der Waals surface area contributed by atoms with Gasteiger partial charge in [0.1, 0.15) is 5.41 Å². The van der Waals surface area contributed by atoms with E-state index >= 15 is 0 Å². The second kappa shape index (κ2) is 4.89. The summed E-state index contributed by atoms with van der Waals surface area (Å²) in [6.45, 7) is 1.77. The Kier molecular flexibility index (Phi) is 4.53. The van der Waals surface area contributed by atoms with Crippen LogP contribution >= 0.6 is 0 Å². The number of aliphatic hydroxyl groups excluding tert-OH is 1. The predicted octanol–water partition coefficient (Wildman–Crippen LogP) is 0.341. The van der Waals surface area contributed by atoms with Gasteiger partial charge in [0.25, 0.3) is 10.1 Å². The molecular formula is C6H10O5S. The highest BCUT2D eigenvalue weighted by atomic mass is 32.2. The molecule has 0 radical (unpaired) electrons. The van der Waals surface area contributed by atoms with Crippen molar-refractivity contribution in [2.75, 3.05) is 6.61 Å². The van der Waals surface area contributed by atoms with Gasteiger partial charge in [-0.25, -0.2) is 0 Å². The number of carbonyl (C=O) groups excluding carboxylic acids is 1. The van der Waals surface area contributed by atoms with E-state index in [0.717, 1.165) is 0 Å². The Bertz CT molecular complexity index is 264. The maximum Gasteiger partial charge on any atom is 0.293 e. The summed E-state index contributed by atoms with van der Waals surface area (Å²) >= 11 is 0. The average Bonchev–Trinajstić information content (AvgIpc) is 2.00. The van der Waals surface area contributed by atoms with Crippen LogP contribution in [-0.4, -0.2) is 26.4 Å². The molecule has 0 bridgehead atoms. The molecular weight excluding hydrogens is 184 g/mol. The first kappa shape index (κ1) is 11.1. The molecule has 5 nitrogen and oxygen atoms in total. The minimum atomic E-state index is -3.90. The fourth-order valence-corrected chi connectivity index (χ4v) is 1.23. The molecule has 0 amide bonds. The number of hydrogen-bond donors (Lipinski definition) is 1. The Balaban J connectivity index is 4.33. The molecule has 0 saturated heterocycles. The molecule has 0 unspecified atom stereocenters. The van der Waals surface area contributed by atoms with E-state index in [-0.39, 0.29) is 12.9 Å². The van der Waals surface area contributed by atoms with Gasteiger partial charge in [-0.15, -0.1) is 0 Å². The van der Waals surface area contributed by atoms with Crippen LogP contribution in [0, 0.1) is 0 Å². The standard InChI is InChI=1S/C6H10O5S/c1-2-3-11-12(9,10)5-6(8)4-7/h4-5,8H,2-3H2,1H3. The van der Waals surface area contributed by atoms with Gasteiger partial charge in [-0.1, -0.05) is 6.92 Å². The smallest absolute Gasteiger partial charge is 0.293 e. The van der Waals surface area contributed by atoms with Gasteiger partial charge >= 0.3 is 0 Å². The maximum absolute atomic E-state index is 10.7. The van der Waals surface area contributed by atoms with Crippen molar-refractivity contribution in [2.24, 2.45) is 0 Å². The van der Waals surface area contributed by atoms with Gasteiger partial charge in [-0.2, -0.15) is 8.42 Å². The number of rotatable bonds is 5. The Morgan fingerprint density at radius 3 is 2.58 bits per heavy atom. The van der Waals surface area contributed by atoms with Crippen LogP contribution in [0.4, 0.5) is 0 Å². The summed E-state index contributed by atoms with van der Waals surface area (Å²) in [6, 6.07) is 0. The van der Waals surface area contributed by atoms with E-state index in [1.54, 1.807) is 6.92 Å². The monoisotopic (exact) mass is 194 g/mol. The predicted molar refractivity (Wildman–Crippen MR) is 41.9 cm³/mol. The van der Waals surface area contributed by atoms with Gasteiger partial charge in [0.2, 0.25) is 0 Å². The lowest BCUT2D eigenvalue weighted by atomic mass is 10.5. The summed E-state index contributed by atoms with van der Waals surface area (Å²) in [5.41, 5.74) is 0. The van der Waals surface area contributed by atoms with E-state index in [0.29, 0.717) is 11.8 Å². The summed E-state index contributed by atoms with van der Waals surface area (Å²) in [7, 11) is -3.90. The lowest BCUT2D eigenvalue weighted by molar-refractivity contribution is -0.106. The molecule has 0 aromatic heterocycles. The Morgan fingerprint density at radius 1 is 1.58 bits per heavy atom. The average molecular weight is 194 g/mol. The highest BCUT2D eigenvalue weighted by Crippen LogP contribution is 1.98. The van der Waals surface area contributed by atoms with Crippen LogP contribution in [0.3, 0.4) is 0 Å². The molecule has 0 aromatic carbocycles. The highest BCUT2D eigenvalue weighted by molar-refractivity contribution is 7.89. The van der Waals surface area contributed by atoms with Gasteiger partial charge in [0.05, 0.1) is 6.61 Å². The zero-order valence-corrected chi connectivity index (χ0v) is 7.37. The first-order valence-corrected chi connectivity index (χ1v) is 4.74. The second-order valence-electron chi connectivity index (χ2n) is 1.98. The normalized spacial score (nSPS) is 12.9. The summed E-state index contributed by atoms with van der Waals surface area (Å²) in [5, 5.41) is 8.90. The van der Waals surface area contributed by atoms with E-state index in [2.05, 4.69) is 4.18 Å². The van der Waals surface area contributed by atoms with Crippen LogP contribution < -0.4 is 0 Å². The summed E-state index contributed by atoms with van der Waals surface area (Å²) in [6.07, 6.45) is 0.557. The molecule has 0 atom stereocenters. The highest BCUT2D eigenvalue weighted by Gasteiger charge is 2.07. The SMILES string of the molecule is CCCOS(=O)(=O)C=C(O)C=O. The summed E-state index contributed by atoms with van der Waals surface area (Å²) in [4.78, 5) is 9.82. The van der Waals surface area contributed by atoms with Crippen molar-refractivity contribution >= 4 is 16.4 Å². The van der Waals surface area contributed by atoms with Crippen LogP contribution in [0.5, 0.6) is 0 Å². The van der Waals surface area contributed by atoms with E-state index in [9.17, 15) is 13.2 Å². The van der Waals surface area contributed by atoms with Crippen molar-refractivity contribution in [1.29, 1.82) is 0 Å². The third kappa shape index (κ3) is 4.86. The number of aldehydes is 1. The van der Waals surface area contributed by atoms with Crippen LogP contribution in [-0.2, 0) is 19.1 Å². The molecule has 12 heavy (non-hydrogen) atoms. The summed E-state index contributed by atoms with van der Waals surface area (Å²) < 4.78 is 25.8. The fraction of sp³-hybridized carbons (Fsp3) is 0.500. The molecule has 0 heterocycles. The molecule has 0 fully saturated rings. The van der Waals surface area contributed by atoms with E-state index in [4.69, 9.17) is 5.11 Å². The zero-order valence-electron chi connectivity index (χ0n) is 6.56. The van der Waals surface area contributed by atoms with Crippen molar-refractivity contribution in [1.82, 2.24) is 0 Å². The Morgan fingerprint density at radius 2 is 2.17 bits per heavy atom. The first-order chi connectivity index (χ1) is 5.52. The minimum Gasteiger partial charge on any atom is -0.504 e. The lowest BCUT2D eigenvalue weighted by Crippen LogP contribution is -2.04. The topological polar surface area (TPSA) is 80.7 Å². The molecule has 6 heteroatoms. The van der Waals surface area contributed by atoms with Crippen molar-refractivity contribution in [3.8, 4) is 0 Å². The van der Waals surface area contributed by atoms with Crippen molar-refractivity contribution < 1.29 is 22.5 Å². The molecule has 0 spiro atoms. The Labute approximate surface area is 70.8 Å². The molecule has 0 aliphatic heterocycles. The molecule has 0 aliphatic rings. The van der Waals surface area contributed by atoms with Crippen molar-refractivity contribution in [2.45, 2.75) is 13.3 Å². The van der Waals surface area contributed by atoms with E-state index < -0.39 is 15.9 Å². The number of allylic oxidation sites excluding steroid dienone is 1. The van der Waals surface area contributed by atoms with Crippen LogP contribution in [0.25, 0.3) is 0 Å². The molecule has 0 rings (SSSR count). The van der Waals surface area contributed by atoms with Gasteiger partial charge in [-0.05, 0) is 6.42 Å². The van der Waals surface area contributed by atoms with E-state index in [1.807, 2.05) is 0 Å². The number of aliphatic hydroxyl groups is 1. The third-order valence-electron chi connectivity index (χ3n) is 0.838. The first-order valence-electron chi connectivity index (χ1n) is 3.27. The molecule has 0 aliphatic carbocycles. The number of hydrogen-bond acceptors (Lipinski definition) is 5. The van der Waals surface area contributed by atoms with Gasteiger partial charge in [-0.3, -0.25) is 8.98 Å². The lowest BCUT2D eigenvalue weighted by Gasteiger charge is -1.97. The van der Waals surface area contributed by atoms with Gasteiger partial charge in [0.15, 0.2) is 12.0 Å². The minimum absolute atomic E-state index is 0.0207. The van der Waals surface area contributed by atoms with Crippen molar-refractivity contribution in [3.05, 3.63) is 11.2 Å². The quantitative estimate of drug-likeness (QED) is 0.295. The molecule has 70 valence electrons. The van der Waals surface area contributed by atoms with Gasteiger partial charge < -0.3 is 5.11 Å².